The van der Waals surface area contributed by atoms with Crippen molar-refractivity contribution in [2.24, 2.45) is 5.73 Å². The van der Waals surface area contributed by atoms with Crippen LogP contribution in [0.15, 0.2) is 24.3 Å². The van der Waals surface area contributed by atoms with Crippen molar-refractivity contribution in [1.82, 2.24) is 4.98 Å². The van der Waals surface area contributed by atoms with Crippen molar-refractivity contribution < 1.29 is 22.4 Å². The van der Waals surface area contributed by atoms with E-state index in [0.717, 1.165) is 30.3 Å². The number of aryl methyl sites for hydroxylation is 1. The summed E-state index contributed by atoms with van der Waals surface area (Å²) in [5.74, 6) is -1.80. The van der Waals surface area contributed by atoms with E-state index in [1.165, 1.54) is 6.92 Å². The van der Waals surface area contributed by atoms with Gasteiger partial charge >= 0.3 is 6.18 Å². The number of aromatic amines is 1. The molecule has 0 saturated heterocycles. The second-order valence-corrected chi connectivity index (χ2v) is 6.57. The van der Waals surface area contributed by atoms with Gasteiger partial charge in [0, 0.05) is 23.2 Å². The summed E-state index contributed by atoms with van der Waals surface area (Å²) in [6, 6.07) is 6.10. The highest BCUT2D eigenvalue weighted by molar-refractivity contribution is 6.11. The normalized spacial score (nSPS) is 13.7. The molecule has 1 aliphatic rings. The van der Waals surface area contributed by atoms with E-state index in [1.807, 2.05) is 6.07 Å². The molecule has 140 valence electrons. The van der Waals surface area contributed by atoms with Crippen LogP contribution in [0, 0.1) is 12.7 Å². The quantitative estimate of drug-likeness (QED) is 0.581. The first kappa shape index (κ1) is 17.4. The average molecular weight is 377 g/mol. The summed E-state index contributed by atoms with van der Waals surface area (Å²) in [5.41, 5.74) is 5.96. The molecule has 0 radical (unpaired) electrons. The maximum Gasteiger partial charge on any atom is 0.431 e. The van der Waals surface area contributed by atoms with Crippen LogP contribution in [0.4, 0.5) is 23.2 Å². The molecule has 8 heteroatoms. The Morgan fingerprint density at radius 1 is 1.22 bits per heavy atom. The number of hydrogen-bond acceptors (Lipinski definition) is 2. The smallest absolute Gasteiger partial charge is 0.384 e. The summed E-state index contributed by atoms with van der Waals surface area (Å²) < 4.78 is 55.1. The highest BCUT2D eigenvalue weighted by Crippen LogP contribution is 2.42. The Kier molecular flexibility index (Phi) is 3.69. The minimum Gasteiger partial charge on any atom is -0.384 e. The van der Waals surface area contributed by atoms with E-state index in [9.17, 15) is 22.4 Å². The Hall–Kier alpha value is -3.03. The van der Waals surface area contributed by atoms with Gasteiger partial charge in [0.05, 0.1) is 11.1 Å². The molecule has 0 aliphatic carbocycles. The van der Waals surface area contributed by atoms with Crippen LogP contribution in [0.1, 0.15) is 27.2 Å². The molecule has 4 N–H and O–H groups in total. The number of hydrogen-bond donors (Lipinski definition) is 3. The van der Waals surface area contributed by atoms with E-state index < -0.39 is 23.6 Å². The zero-order valence-electron chi connectivity index (χ0n) is 14.2. The first-order valence-corrected chi connectivity index (χ1v) is 8.27. The highest BCUT2D eigenvalue weighted by Gasteiger charge is 2.37. The fraction of sp³-hybridized carbons (Fsp3) is 0.211. The maximum absolute atomic E-state index is 14.9. The van der Waals surface area contributed by atoms with Crippen LogP contribution < -0.4 is 11.1 Å². The van der Waals surface area contributed by atoms with Crippen molar-refractivity contribution in [3.63, 3.8) is 0 Å². The minimum absolute atomic E-state index is 0.00840. The average Bonchev–Trinajstić information content (AvgIpc) is 3.18. The van der Waals surface area contributed by atoms with Crippen molar-refractivity contribution in [2.45, 2.75) is 19.5 Å². The van der Waals surface area contributed by atoms with Gasteiger partial charge in [0.2, 0.25) is 0 Å². The van der Waals surface area contributed by atoms with Crippen LogP contribution in [-0.2, 0) is 12.6 Å². The molecule has 0 atom stereocenters. The predicted molar refractivity (Wildman–Crippen MR) is 94.1 cm³/mol. The standard InChI is InChI=1S/C19H15F4N3O/c1-8-14-15(10-3-2-9-4-5-25-13(9)6-10)12(20)7-11(18(24)27)16(14)26-17(8)19(21,22)23/h2-3,6-7,25-26H,4-5H2,1H3,(H2,24,27). The minimum atomic E-state index is -4.68. The molecule has 4 nitrogen and oxygen atoms in total. The van der Waals surface area contributed by atoms with Crippen molar-refractivity contribution >= 4 is 22.5 Å². The molecule has 1 aliphatic heterocycles. The van der Waals surface area contributed by atoms with E-state index in [1.54, 1.807) is 12.1 Å². The number of halogens is 4. The summed E-state index contributed by atoms with van der Waals surface area (Å²) in [6.07, 6.45) is -3.85. The van der Waals surface area contributed by atoms with Crippen LogP contribution in [0.25, 0.3) is 22.0 Å². The first-order chi connectivity index (χ1) is 12.7. The zero-order valence-corrected chi connectivity index (χ0v) is 14.2. The van der Waals surface area contributed by atoms with Crippen molar-refractivity contribution in [3.05, 3.63) is 52.5 Å². The lowest BCUT2D eigenvalue weighted by atomic mass is 9.94. The van der Waals surface area contributed by atoms with Gasteiger partial charge in [-0.1, -0.05) is 12.1 Å². The van der Waals surface area contributed by atoms with Crippen LogP contribution >= 0.6 is 0 Å². The third-order valence-electron chi connectivity index (χ3n) is 4.94. The van der Waals surface area contributed by atoms with Crippen LogP contribution in [0.3, 0.4) is 0 Å². The fourth-order valence-electron chi connectivity index (χ4n) is 3.71. The molecule has 0 spiro atoms. The molecule has 4 rings (SSSR count). The Balaban J connectivity index is 2.09. The summed E-state index contributed by atoms with van der Waals surface area (Å²) in [6.45, 7) is 2.00. The maximum atomic E-state index is 14.9. The molecule has 2 heterocycles. The summed E-state index contributed by atoms with van der Waals surface area (Å²) in [5, 5.41) is 3.18. The Morgan fingerprint density at radius 3 is 2.63 bits per heavy atom. The number of primary amides is 1. The first-order valence-electron chi connectivity index (χ1n) is 8.27. The predicted octanol–water partition coefficient (Wildman–Crippen LogP) is 4.37. The lowest BCUT2D eigenvalue weighted by Crippen LogP contribution is -2.12. The van der Waals surface area contributed by atoms with Gasteiger partial charge in [-0.25, -0.2) is 4.39 Å². The third kappa shape index (κ3) is 2.63. The number of carbonyl (C=O) groups excluding carboxylic acids is 1. The van der Waals surface area contributed by atoms with E-state index in [2.05, 4.69) is 10.3 Å². The van der Waals surface area contributed by atoms with Crippen molar-refractivity contribution in [1.29, 1.82) is 0 Å². The van der Waals surface area contributed by atoms with E-state index >= 15 is 0 Å². The van der Waals surface area contributed by atoms with Gasteiger partial charge in [0.15, 0.2) is 0 Å². The number of aromatic nitrogens is 1. The van der Waals surface area contributed by atoms with Crippen LogP contribution in [0.2, 0.25) is 0 Å². The van der Waals surface area contributed by atoms with E-state index in [0.29, 0.717) is 5.56 Å². The number of nitrogens with two attached hydrogens (primary N) is 1. The SMILES string of the molecule is Cc1c(C(F)(F)F)[nH]c2c(C(N)=O)cc(F)c(-c3ccc4c(c3)NCC4)c12. The number of H-pyrrole nitrogens is 1. The topological polar surface area (TPSA) is 70.9 Å². The molecule has 3 aromatic rings. The van der Waals surface area contributed by atoms with E-state index in [-0.39, 0.29) is 27.6 Å². The van der Waals surface area contributed by atoms with Gasteiger partial charge in [-0.05, 0) is 42.2 Å². The number of rotatable bonds is 2. The summed E-state index contributed by atoms with van der Waals surface area (Å²) in [7, 11) is 0. The number of amides is 1. The molecule has 0 unspecified atom stereocenters. The lowest BCUT2D eigenvalue weighted by Gasteiger charge is -2.11. The number of nitrogens with one attached hydrogen (secondary N) is 2. The number of fused-ring (bicyclic) bond motifs is 2. The number of carbonyl (C=O) groups is 1. The van der Waals surface area contributed by atoms with Crippen molar-refractivity contribution in [2.75, 3.05) is 11.9 Å². The fourth-order valence-corrected chi connectivity index (χ4v) is 3.71. The second-order valence-electron chi connectivity index (χ2n) is 6.57. The van der Waals surface area contributed by atoms with Gasteiger partial charge in [0.25, 0.3) is 5.91 Å². The molecule has 1 aromatic heterocycles. The molecule has 27 heavy (non-hydrogen) atoms. The Morgan fingerprint density at radius 2 is 1.96 bits per heavy atom. The Bertz CT molecular complexity index is 1100. The monoisotopic (exact) mass is 377 g/mol. The van der Waals surface area contributed by atoms with Gasteiger partial charge in [-0.3, -0.25) is 4.79 Å². The summed E-state index contributed by atoms with van der Waals surface area (Å²) in [4.78, 5) is 13.9. The molecule has 2 aromatic carbocycles. The van der Waals surface area contributed by atoms with Crippen LogP contribution in [0.5, 0.6) is 0 Å². The van der Waals surface area contributed by atoms with Gasteiger partial charge in [-0.2, -0.15) is 13.2 Å². The summed E-state index contributed by atoms with van der Waals surface area (Å²) >= 11 is 0. The Labute approximate surface area is 151 Å². The lowest BCUT2D eigenvalue weighted by molar-refractivity contribution is -0.141. The molecular weight excluding hydrogens is 362 g/mol. The second kappa shape index (κ2) is 5.73. The van der Waals surface area contributed by atoms with Crippen LogP contribution in [-0.4, -0.2) is 17.4 Å². The zero-order chi connectivity index (χ0) is 19.5. The highest BCUT2D eigenvalue weighted by atomic mass is 19.4. The van der Waals surface area contributed by atoms with Gasteiger partial charge in [-0.15, -0.1) is 0 Å². The number of benzene rings is 2. The number of alkyl halides is 3. The van der Waals surface area contributed by atoms with Crippen molar-refractivity contribution in [3.8, 4) is 11.1 Å². The van der Waals surface area contributed by atoms with E-state index in [4.69, 9.17) is 5.73 Å². The third-order valence-corrected chi connectivity index (χ3v) is 4.94. The largest absolute Gasteiger partial charge is 0.431 e. The number of anilines is 1. The van der Waals surface area contributed by atoms with Gasteiger partial charge < -0.3 is 16.0 Å². The molecule has 1 amide bonds. The molecule has 0 fully saturated rings. The molecule has 0 bridgehead atoms. The molecular formula is C19H15F4N3O. The molecule has 0 saturated carbocycles. The van der Waals surface area contributed by atoms with Gasteiger partial charge in [0.1, 0.15) is 11.5 Å².